The molecule has 0 aliphatic carbocycles. The Morgan fingerprint density at radius 3 is 1.92 bits per heavy atom. The van der Waals surface area contributed by atoms with Crippen LogP contribution < -0.4 is 27.4 Å². The largest absolute Gasteiger partial charge is 0.508 e. The molecule has 0 bridgehead atoms. The number of carboxylic acid groups (broad SMARTS) is 2. The molecule has 14 nitrogen and oxygen atoms in total. The lowest BCUT2D eigenvalue weighted by atomic mass is 10.0. The van der Waals surface area contributed by atoms with Crippen LogP contribution in [0.15, 0.2) is 24.3 Å². The number of carbonyl (C=O) groups excluding carboxylic acids is 3. The Balaban J connectivity index is 2.99. The van der Waals surface area contributed by atoms with Crippen LogP contribution in [-0.2, 0) is 30.4 Å². The van der Waals surface area contributed by atoms with Crippen LogP contribution in [0.5, 0.6) is 5.75 Å². The van der Waals surface area contributed by atoms with Gasteiger partial charge in [0.15, 0.2) is 0 Å². The van der Waals surface area contributed by atoms with E-state index in [1.165, 1.54) is 24.3 Å². The number of rotatable bonds is 16. The van der Waals surface area contributed by atoms with Crippen molar-refractivity contribution in [2.45, 2.75) is 56.3 Å². The number of phenolic OH excluding ortho intramolecular Hbond substituents is 1. The number of aromatic hydroxyl groups is 1. The van der Waals surface area contributed by atoms with Crippen molar-refractivity contribution in [2.75, 3.05) is 13.2 Å². The molecular weight excluding hydrogens is 478 g/mol. The Bertz CT molecular complexity index is 910. The number of carboxylic acids is 2. The first-order valence-electron chi connectivity index (χ1n) is 11.2. The summed E-state index contributed by atoms with van der Waals surface area (Å²) in [7, 11) is 0. The van der Waals surface area contributed by atoms with Crippen molar-refractivity contribution < 1.29 is 44.4 Å². The summed E-state index contributed by atoms with van der Waals surface area (Å²) >= 11 is 0. The van der Waals surface area contributed by atoms with Crippen LogP contribution in [0.1, 0.15) is 31.2 Å². The summed E-state index contributed by atoms with van der Waals surface area (Å²) in [5.41, 5.74) is 11.9. The monoisotopic (exact) mass is 511 g/mol. The molecule has 0 radical (unpaired) electrons. The summed E-state index contributed by atoms with van der Waals surface area (Å²) in [5.74, 6) is -5.76. The number of nitrogens with two attached hydrogens (primary N) is 2. The normalized spacial score (nSPS) is 14.1. The van der Waals surface area contributed by atoms with Crippen molar-refractivity contribution >= 4 is 29.7 Å². The number of carbonyl (C=O) groups is 5. The number of nitrogens with one attached hydrogen (secondary N) is 3. The second-order valence-electron chi connectivity index (χ2n) is 8.06. The molecule has 0 saturated heterocycles. The minimum atomic E-state index is -1.79. The van der Waals surface area contributed by atoms with E-state index in [0.29, 0.717) is 31.4 Å². The summed E-state index contributed by atoms with van der Waals surface area (Å²) in [4.78, 5) is 60.0. The molecular formula is C22H33N5O9. The maximum Gasteiger partial charge on any atom is 0.326 e. The topological polar surface area (TPSA) is 254 Å². The zero-order valence-corrected chi connectivity index (χ0v) is 19.6. The lowest BCUT2D eigenvalue weighted by molar-refractivity contribution is -0.147. The van der Waals surface area contributed by atoms with E-state index < -0.39 is 66.9 Å². The average Bonchev–Trinajstić information content (AvgIpc) is 2.82. The van der Waals surface area contributed by atoms with E-state index >= 15 is 0 Å². The Morgan fingerprint density at radius 1 is 0.833 bits per heavy atom. The fraction of sp³-hybridized carbons (Fsp3) is 0.500. The first kappa shape index (κ1) is 30.3. The van der Waals surface area contributed by atoms with E-state index in [2.05, 4.69) is 10.6 Å². The number of phenols is 1. The number of aliphatic carboxylic acids is 2. The van der Waals surface area contributed by atoms with Gasteiger partial charge in [-0.1, -0.05) is 18.6 Å². The average molecular weight is 512 g/mol. The second-order valence-corrected chi connectivity index (χ2v) is 8.06. The molecule has 200 valence electrons. The fourth-order valence-electron chi connectivity index (χ4n) is 3.11. The van der Waals surface area contributed by atoms with Crippen molar-refractivity contribution in [3.05, 3.63) is 29.8 Å². The first-order chi connectivity index (χ1) is 17.0. The molecule has 4 unspecified atom stereocenters. The van der Waals surface area contributed by atoms with E-state index in [1.54, 1.807) is 0 Å². The smallest absolute Gasteiger partial charge is 0.326 e. The summed E-state index contributed by atoms with van der Waals surface area (Å²) in [6.07, 6.45) is 0.579. The predicted octanol–water partition coefficient (Wildman–Crippen LogP) is -2.60. The molecule has 36 heavy (non-hydrogen) atoms. The highest BCUT2D eigenvalue weighted by molar-refractivity contribution is 5.94. The van der Waals surface area contributed by atoms with Crippen molar-refractivity contribution in [2.24, 2.45) is 11.5 Å². The van der Waals surface area contributed by atoms with E-state index in [4.69, 9.17) is 21.7 Å². The summed E-state index contributed by atoms with van der Waals surface area (Å²) in [6, 6.07) is 0.178. The molecule has 11 N–H and O–H groups in total. The molecule has 14 heteroatoms. The van der Waals surface area contributed by atoms with Crippen LogP contribution in [0.4, 0.5) is 0 Å². The van der Waals surface area contributed by atoms with Gasteiger partial charge in [-0.2, -0.15) is 0 Å². The SMILES string of the molecule is NCCCCC(N)C(=O)NC(Cc1ccc(O)cc1)C(=O)NC(CO)C(=O)NC(CC(=O)O)C(=O)O. The molecule has 0 saturated carbocycles. The lowest BCUT2D eigenvalue weighted by Gasteiger charge is -2.24. The van der Waals surface area contributed by atoms with Gasteiger partial charge in [-0.05, 0) is 37.1 Å². The maximum atomic E-state index is 13.0. The molecule has 0 fully saturated rings. The van der Waals surface area contributed by atoms with Crippen molar-refractivity contribution in [3.8, 4) is 5.75 Å². The molecule has 0 aromatic heterocycles. The Morgan fingerprint density at radius 2 is 1.39 bits per heavy atom. The van der Waals surface area contributed by atoms with E-state index in [1.807, 2.05) is 5.32 Å². The number of hydrogen-bond donors (Lipinski definition) is 9. The van der Waals surface area contributed by atoms with Gasteiger partial charge in [0.05, 0.1) is 19.1 Å². The van der Waals surface area contributed by atoms with Gasteiger partial charge in [-0.25, -0.2) is 4.79 Å². The van der Waals surface area contributed by atoms with Crippen LogP contribution in [0.2, 0.25) is 0 Å². The van der Waals surface area contributed by atoms with E-state index in [0.717, 1.165) is 0 Å². The Hall–Kier alpha value is -3.75. The van der Waals surface area contributed by atoms with Crippen LogP contribution in [0.25, 0.3) is 0 Å². The molecule has 1 rings (SSSR count). The third kappa shape index (κ3) is 10.7. The van der Waals surface area contributed by atoms with Crippen molar-refractivity contribution in [1.82, 2.24) is 16.0 Å². The quantitative estimate of drug-likeness (QED) is 0.104. The zero-order valence-electron chi connectivity index (χ0n) is 19.6. The van der Waals surface area contributed by atoms with Crippen LogP contribution in [-0.4, -0.2) is 87.4 Å². The molecule has 1 aromatic rings. The van der Waals surface area contributed by atoms with Gasteiger partial charge in [0.25, 0.3) is 0 Å². The van der Waals surface area contributed by atoms with Crippen LogP contribution in [0, 0.1) is 0 Å². The summed E-state index contributed by atoms with van der Waals surface area (Å²) in [6.45, 7) is -0.504. The zero-order chi connectivity index (χ0) is 27.3. The third-order valence-corrected chi connectivity index (χ3v) is 5.12. The minimum absolute atomic E-state index is 0.0166. The Kier molecular flexibility index (Phi) is 12.9. The molecule has 0 aliphatic heterocycles. The summed E-state index contributed by atoms with van der Waals surface area (Å²) < 4.78 is 0. The van der Waals surface area contributed by atoms with Gasteiger partial charge in [0, 0.05) is 6.42 Å². The van der Waals surface area contributed by atoms with Gasteiger partial charge in [0.2, 0.25) is 17.7 Å². The molecule has 4 atom stereocenters. The number of hydrogen-bond acceptors (Lipinski definition) is 9. The van der Waals surface area contributed by atoms with Gasteiger partial charge < -0.3 is 47.8 Å². The molecule has 3 amide bonds. The van der Waals surface area contributed by atoms with Gasteiger partial charge in [-0.3, -0.25) is 19.2 Å². The number of aliphatic hydroxyl groups excluding tert-OH is 1. The standard InChI is InChI=1S/C22H33N5O9/c23-8-2-1-3-14(24)19(32)25-15(9-12-4-6-13(29)7-5-12)20(33)27-17(11-28)21(34)26-16(22(35)36)10-18(30)31/h4-7,14-17,28-29H,1-3,8-11,23-24H2,(H,25,32)(H,26,34)(H,27,33)(H,30,31)(H,35,36). The number of unbranched alkanes of at least 4 members (excludes halogenated alkanes) is 1. The van der Waals surface area contributed by atoms with Gasteiger partial charge >= 0.3 is 11.9 Å². The van der Waals surface area contributed by atoms with Crippen molar-refractivity contribution in [3.63, 3.8) is 0 Å². The lowest BCUT2D eigenvalue weighted by Crippen LogP contribution is -2.58. The van der Waals surface area contributed by atoms with Gasteiger partial charge in [-0.15, -0.1) is 0 Å². The number of aliphatic hydroxyl groups is 1. The number of amides is 3. The van der Waals surface area contributed by atoms with Gasteiger partial charge in [0.1, 0.15) is 23.9 Å². The van der Waals surface area contributed by atoms with Crippen molar-refractivity contribution in [1.29, 1.82) is 0 Å². The first-order valence-corrected chi connectivity index (χ1v) is 11.2. The fourth-order valence-corrected chi connectivity index (χ4v) is 3.11. The van der Waals surface area contributed by atoms with Crippen LogP contribution >= 0.6 is 0 Å². The highest BCUT2D eigenvalue weighted by atomic mass is 16.4. The summed E-state index contributed by atoms with van der Waals surface area (Å²) in [5, 5.41) is 43.6. The molecule has 0 spiro atoms. The molecule has 1 aromatic carbocycles. The van der Waals surface area contributed by atoms with E-state index in [9.17, 15) is 34.2 Å². The van der Waals surface area contributed by atoms with Crippen LogP contribution in [0.3, 0.4) is 0 Å². The third-order valence-electron chi connectivity index (χ3n) is 5.12. The maximum absolute atomic E-state index is 13.0. The highest BCUT2D eigenvalue weighted by Crippen LogP contribution is 2.12. The highest BCUT2D eigenvalue weighted by Gasteiger charge is 2.31. The Labute approximate surface area is 207 Å². The molecule has 0 heterocycles. The molecule has 0 aliphatic rings. The van der Waals surface area contributed by atoms with E-state index in [-0.39, 0.29) is 12.2 Å². The second kappa shape index (κ2) is 15.3. The predicted molar refractivity (Wildman–Crippen MR) is 125 cm³/mol. The minimum Gasteiger partial charge on any atom is -0.508 e. The number of benzene rings is 1.